The number of fused-ring (bicyclic) bond motifs is 1. The molecule has 5 atom stereocenters. The molecule has 0 saturated heterocycles. The van der Waals surface area contributed by atoms with Crippen molar-refractivity contribution in [1.82, 2.24) is 25.5 Å². The lowest BCUT2D eigenvalue weighted by molar-refractivity contribution is -0.384. The highest BCUT2D eigenvalue weighted by molar-refractivity contribution is 6.04. The number of hydrogen-bond acceptors (Lipinski definition) is 10. The summed E-state index contributed by atoms with van der Waals surface area (Å²) in [6.45, 7) is 5.26. The summed E-state index contributed by atoms with van der Waals surface area (Å²) in [6, 6.07) is 10.8. The molecule has 0 radical (unpaired) electrons. The van der Waals surface area contributed by atoms with E-state index < -0.39 is 52.3 Å². The number of H-pyrrole nitrogens is 1. The molecule has 15 nitrogen and oxygen atoms in total. The number of aliphatic hydroxyl groups excluding tert-OH is 1. The molecular weight excluding hydrogens is 706 g/mol. The summed E-state index contributed by atoms with van der Waals surface area (Å²) in [5, 5.41) is 29.6. The van der Waals surface area contributed by atoms with E-state index in [2.05, 4.69) is 20.6 Å². The van der Waals surface area contributed by atoms with Gasteiger partial charge in [-0.2, -0.15) is 0 Å². The molecule has 1 aliphatic carbocycles. The van der Waals surface area contributed by atoms with E-state index in [1.54, 1.807) is 24.3 Å². The monoisotopic (exact) mass is 759 g/mol. The van der Waals surface area contributed by atoms with Crippen LogP contribution in [-0.4, -0.2) is 85.4 Å². The molecule has 2 unspecified atom stereocenters. The standard InChI is InChI=1S/C40H53N7O8/c1-25(2)21-43-37(50)19-35(49)34(17-28-12-8-5-9-13-28)45-39(52)40(20-29-22-42-24-44-29,32-23-55-36-15-14-30(47(53)54)18-31(32)36)46(26(3)48)38(51)33(41)16-27-10-6-4-7-11-27/h4,6-7,10-11,14-15,18,22,24-25,28,32-35,49H,5,8-9,12-13,16-17,19-21,23,41H2,1-3H3,(H,42,44)(H,43,50)(H,45,52)/t32?,33-,34-,35?,40-/m0/s1. The third-order valence-corrected chi connectivity index (χ3v) is 10.7. The molecule has 0 spiro atoms. The molecule has 55 heavy (non-hydrogen) atoms. The van der Waals surface area contributed by atoms with Gasteiger partial charge in [-0.3, -0.25) is 34.2 Å². The number of rotatable bonds is 17. The van der Waals surface area contributed by atoms with Gasteiger partial charge in [0.15, 0.2) is 0 Å². The number of imidazole rings is 1. The molecule has 1 aromatic heterocycles. The molecule has 4 amide bonds. The Morgan fingerprint density at radius 2 is 1.85 bits per heavy atom. The van der Waals surface area contributed by atoms with Crippen molar-refractivity contribution in [2.75, 3.05) is 13.2 Å². The quantitative estimate of drug-likeness (QED) is 0.0992. The first-order valence-corrected chi connectivity index (χ1v) is 19.1. The molecule has 2 aliphatic rings. The Labute approximate surface area is 320 Å². The number of carbonyl (C=O) groups excluding carboxylic acids is 4. The Kier molecular flexibility index (Phi) is 13.8. The molecule has 1 fully saturated rings. The van der Waals surface area contributed by atoms with Gasteiger partial charge in [0.1, 0.15) is 11.3 Å². The maximum Gasteiger partial charge on any atom is 0.269 e. The fourth-order valence-corrected chi connectivity index (χ4v) is 7.94. The van der Waals surface area contributed by atoms with Crippen molar-refractivity contribution in [3.8, 4) is 5.75 Å². The maximum absolute atomic E-state index is 15.6. The number of nitrogens with zero attached hydrogens (tertiary/aromatic N) is 3. The molecular formula is C40H53N7O8. The first-order chi connectivity index (χ1) is 26.3. The average Bonchev–Trinajstić information content (AvgIpc) is 3.84. The Hall–Kier alpha value is -5.15. The predicted molar refractivity (Wildman–Crippen MR) is 204 cm³/mol. The minimum absolute atomic E-state index is 0.0446. The summed E-state index contributed by atoms with van der Waals surface area (Å²) >= 11 is 0. The summed E-state index contributed by atoms with van der Waals surface area (Å²) in [5.74, 6) is -3.40. The normalized spacial score (nSPS) is 18.3. The summed E-state index contributed by atoms with van der Waals surface area (Å²) < 4.78 is 6.05. The predicted octanol–water partition coefficient (Wildman–Crippen LogP) is 3.70. The van der Waals surface area contributed by atoms with Gasteiger partial charge in [0.2, 0.25) is 23.6 Å². The van der Waals surface area contributed by atoms with Gasteiger partial charge >= 0.3 is 0 Å². The van der Waals surface area contributed by atoms with Crippen molar-refractivity contribution < 1.29 is 33.9 Å². The van der Waals surface area contributed by atoms with E-state index >= 15 is 4.79 Å². The number of aliphatic hydroxyl groups is 1. The highest BCUT2D eigenvalue weighted by Gasteiger charge is 2.58. The molecule has 3 aromatic rings. The summed E-state index contributed by atoms with van der Waals surface area (Å²) in [4.78, 5) is 76.8. The zero-order valence-electron chi connectivity index (χ0n) is 31.7. The highest BCUT2D eigenvalue weighted by atomic mass is 16.6. The third kappa shape index (κ3) is 9.94. The number of aromatic nitrogens is 2. The number of non-ortho nitro benzene ring substituents is 1. The average molecular weight is 760 g/mol. The zero-order chi connectivity index (χ0) is 39.7. The number of hydrogen-bond donors (Lipinski definition) is 5. The van der Waals surface area contributed by atoms with Crippen LogP contribution in [0.4, 0.5) is 5.69 Å². The van der Waals surface area contributed by atoms with Gasteiger partial charge < -0.3 is 31.2 Å². The lowest BCUT2D eigenvalue weighted by atomic mass is 9.73. The van der Waals surface area contributed by atoms with E-state index in [9.17, 15) is 29.6 Å². The number of nitrogens with one attached hydrogen (secondary N) is 3. The molecule has 1 aliphatic heterocycles. The second-order valence-electron chi connectivity index (χ2n) is 15.3. The second kappa shape index (κ2) is 18.5. The zero-order valence-corrected chi connectivity index (χ0v) is 31.7. The van der Waals surface area contributed by atoms with E-state index in [0.29, 0.717) is 18.7 Å². The van der Waals surface area contributed by atoms with E-state index in [4.69, 9.17) is 10.5 Å². The third-order valence-electron chi connectivity index (χ3n) is 10.7. The van der Waals surface area contributed by atoms with Gasteiger partial charge in [-0.25, -0.2) is 4.98 Å². The number of aromatic amines is 1. The first kappa shape index (κ1) is 41.0. The van der Waals surface area contributed by atoms with E-state index in [-0.39, 0.29) is 60.6 Å². The minimum Gasteiger partial charge on any atom is -0.493 e. The van der Waals surface area contributed by atoms with Crippen LogP contribution in [0.2, 0.25) is 0 Å². The van der Waals surface area contributed by atoms with Crippen LogP contribution in [0.3, 0.4) is 0 Å². The summed E-state index contributed by atoms with van der Waals surface area (Å²) in [5.41, 5.74) is 5.51. The molecule has 1 saturated carbocycles. The van der Waals surface area contributed by atoms with E-state index in [1.807, 2.05) is 19.9 Å². The fourth-order valence-electron chi connectivity index (χ4n) is 7.94. The number of nitro benzene ring substituents is 1. The Morgan fingerprint density at radius 3 is 2.49 bits per heavy atom. The number of carbonyl (C=O) groups is 4. The first-order valence-electron chi connectivity index (χ1n) is 19.1. The number of ether oxygens (including phenoxy) is 1. The van der Waals surface area contributed by atoms with Crippen LogP contribution in [0.1, 0.15) is 88.5 Å². The minimum atomic E-state index is -2.16. The molecule has 6 N–H and O–H groups in total. The second-order valence-corrected chi connectivity index (χ2v) is 15.3. The van der Waals surface area contributed by atoms with Crippen molar-refractivity contribution in [2.45, 2.75) is 108 Å². The Morgan fingerprint density at radius 1 is 1.13 bits per heavy atom. The lowest BCUT2D eigenvalue weighted by Gasteiger charge is -2.46. The van der Waals surface area contributed by atoms with E-state index in [1.165, 1.54) is 37.6 Å². The van der Waals surface area contributed by atoms with Crippen LogP contribution in [0.25, 0.3) is 0 Å². The van der Waals surface area contributed by atoms with Crippen LogP contribution in [-0.2, 0) is 32.0 Å². The van der Waals surface area contributed by atoms with Crippen molar-refractivity contribution >= 4 is 29.3 Å². The molecule has 5 rings (SSSR count). The summed E-state index contributed by atoms with van der Waals surface area (Å²) in [6.07, 6.45) is 6.12. The van der Waals surface area contributed by atoms with Gasteiger partial charge in [-0.05, 0) is 36.3 Å². The van der Waals surface area contributed by atoms with Crippen LogP contribution in [0, 0.1) is 22.0 Å². The van der Waals surface area contributed by atoms with Gasteiger partial charge in [0.25, 0.3) is 5.69 Å². The number of nitro groups is 1. The molecule has 2 heterocycles. The molecule has 15 heteroatoms. The number of nitrogens with two attached hydrogens (primary N) is 1. The SMILES string of the molecule is CC(=O)N(C(=O)[C@@H](N)Cc1ccccc1)[C@](Cc1cnc[nH]1)(C(=O)N[C@@H](CC1CCCCC1)C(O)CC(=O)NCC(C)C)C1COc2ccc([N+](=O)[O-])cc21. The molecule has 296 valence electrons. The number of benzene rings is 2. The topological polar surface area (TPSA) is 223 Å². The van der Waals surface area contributed by atoms with Crippen molar-refractivity contribution in [3.05, 3.63) is 88.0 Å². The maximum atomic E-state index is 15.6. The van der Waals surface area contributed by atoms with Crippen molar-refractivity contribution in [1.29, 1.82) is 0 Å². The lowest BCUT2D eigenvalue weighted by Crippen LogP contribution is -2.70. The smallest absolute Gasteiger partial charge is 0.269 e. The van der Waals surface area contributed by atoms with Gasteiger partial charge in [0, 0.05) is 49.5 Å². The van der Waals surface area contributed by atoms with Crippen LogP contribution >= 0.6 is 0 Å². The summed E-state index contributed by atoms with van der Waals surface area (Å²) in [7, 11) is 0. The van der Waals surface area contributed by atoms with Crippen molar-refractivity contribution in [2.24, 2.45) is 17.6 Å². The van der Waals surface area contributed by atoms with Gasteiger partial charge in [0.05, 0.1) is 48.4 Å². The Balaban J connectivity index is 1.65. The molecule has 2 aromatic carbocycles. The van der Waals surface area contributed by atoms with Crippen LogP contribution in [0.15, 0.2) is 61.1 Å². The fraction of sp³-hybridized carbons (Fsp3) is 0.525. The molecule has 0 bridgehead atoms. The largest absolute Gasteiger partial charge is 0.493 e. The highest BCUT2D eigenvalue weighted by Crippen LogP contribution is 2.47. The van der Waals surface area contributed by atoms with Crippen LogP contribution in [0.5, 0.6) is 5.75 Å². The number of imide groups is 1. The Bertz CT molecular complexity index is 1800. The van der Waals surface area contributed by atoms with Crippen LogP contribution < -0.4 is 21.1 Å². The van der Waals surface area contributed by atoms with Gasteiger partial charge in [-0.1, -0.05) is 76.3 Å². The number of amides is 4. The van der Waals surface area contributed by atoms with E-state index in [0.717, 1.165) is 42.6 Å². The van der Waals surface area contributed by atoms with Crippen molar-refractivity contribution in [3.63, 3.8) is 0 Å². The van der Waals surface area contributed by atoms with Gasteiger partial charge in [-0.15, -0.1) is 0 Å².